The molecular formula is C14H16O5. The van der Waals surface area contributed by atoms with E-state index in [1.807, 2.05) is 0 Å². The molecule has 0 amide bonds. The molecule has 0 N–H and O–H groups in total. The van der Waals surface area contributed by atoms with Gasteiger partial charge in [-0.05, 0) is 30.7 Å². The van der Waals surface area contributed by atoms with Gasteiger partial charge in [0.25, 0.3) is 0 Å². The maximum absolute atomic E-state index is 11.3. The van der Waals surface area contributed by atoms with Gasteiger partial charge in [0, 0.05) is 0 Å². The molecule has 1 aromatic rings. The van der Waals surface area contributed by atoms with Gasteiger partial charge in [0.1, 0.15) is 13.2 Å². The minimum absolute atomic E-state index is 0.100. The van der Waals surface area contributed by atoms with Crippen LogP contribution in [-0.2, 0) is 14.2 Å². The summed E-state index contributed by atoms with van der Waals surface area (Å²) in [6.45, 7) is 3.35. The number of rotatable bonds is 1. The topological polar surface area (TPSA) is 65.1 Å². The Morgan fingerprint density at radius 3 is 1.68 bits per heavy atom. The first-order valence-corrected chi connectivity index (χ1v) is 6.26. The molecule has 0 spiro atoms. The molecule has 2 bridgehead atoms. The molecule has 0 aliphatic carbocycles. The SMILES string of the molecule is CCC1CO1.O=C1OCCOC(=O)c2ccc1cc2. The lowest BCUT2D eigenvalue weighted by Crippen LogP contribution is -2.16. The fourth-order valence-corrected chi connectivity index (χ4v) is 1.48. The monoisotopic (exact) mass is 264 g/mol. The zero-order valence-corrected chi connectivity index (χ0v) is 10.8. The summed E-state index contributed by atoms with van der Waals surface area (Å²) in [6, 6.07) is 6.18. The Labute approximate surface area is 111 Å². The van der Waals surface area contributed by atoms with Gasteiger partial charge in [-0.3, -0.25) is 0 Å². The van der Waals surface area contributed by atoms with Crippen molar-refractivity contribution >= 4 is 11.9 Å². The first-order valence-electron chi connectivity index (χ1n) is 6.26. The Hall–Kier alpha value is -1.88. The highest BCUT2D eigenvalue weighted by molar-refractivity contribution is 5.93. The van der Waals surface area contributed by atoms with Gasteiger partial charge in [0.2, 0.25) is 0 Å². The molecule has 5 nitrogen and oxygen atoms in total. The van der Waals surface area contributed by atoms with Crippen molar-refractivity contribution in [3.8, 4) is 0 Å². The Morgan fingerprint density at radius 1 is 1.00 bits per heavy atom. The van der Waals surface area contributed by atoms with E-state index in [4.69, 9.17) is 14.2 Å². The summed E-state index contributed by atoms with van der Waals surface area (Å²) in [4.78, 5) is 22.5. The summed E-state index contributed by atoms with van der Waals surface area (Å²) in [7, 11) is 0. The molecule has 0 radical (unpaired) electrons. The minimum Gasteiger partial charge on any atom is -0.458 e. The van der Waals surface area contributed by atoms with Crippen LogP contribution in [0.5, 0.6) is 0 Å². The summed E-state index contributed by atoms with van der Waals surface area (Å²) in [5, 5.41) is 0. The molecule has 3 aliphatic rings. The van der Waals surface area contributed by atoms with Crippen LogP contribution >= 0.6 is 0 Å². The second-order valence-electron chi connectivity index (χ2n) is 4.21. The third-order valence-electron chi connectivity index (χ3n) is 2.76. The average Bonchev–Trinajstić information content (AvgIpc) is 3.28. The van der Waals surface area contributed by atoms with Crippen LogP contribution in [0.15, 0.2) is 24.3 Å². The van der Waals surface area contributed by atoms with Gasteiger partial charge in [-0.15, -0.1) is 0 Å². The fourth-order valence-electron chi connectivity index (χ4n) is 1.48. The minimum atomic E-state index is -0.394. The third-order valence-corrected chi connectivity index (χ3v) is 2.76. The van der Waals surface area contributed by atoms with E-state index < -0.39 is 11.9 Å². The largest absolute Gasteiger partial charge is 0.458 e. The van der Waals surface area contributed by atoms with Gasteiger partial charge in [0.05, 0.1) is 23.8 Å². The molecule has 1 unspecified atom stereocenters. The molecule has 0 saturated carbocycles. The maximum atomic E-state index is 11.3. The number of epoxide rings is 1. The van der Waals surface area contributed by atoms with Gasteiger partial charge in [0.15, 0.2) is 0 Å². The highest BCUT2D eigenvalue weighted by Crippen LogP contribution is 2.11. The maximum Gasteiger partial charge on any atom is 0.338 e. The van der Waals surface area contributed by atoms with Crippen molar-refractivity contribution in [2.24, 2.45) is 0 Å². The molecule has 0 aromatic heterocycles. The van der Waals surface area contributed by atoms with Gasteiger partial charge in [-0.1, -0.05) is 6.92 Å². The van der Waals surface area contributed by atoms with E-state index in [2.05, 4.69) is 6.92 Å². The highest BCUT2D eigenvalue weighted by Gasteiger charge is 2.18. The molecule has 5 heteroatoms. The Kier molecular flexibility index (Phi) is 4.52. The van der Waals surface area contributed by atoms with Crippen molar-refractivity contribution in [3.05, 3.63) is 35.4 Å². The molecule has 1 fully saturated rings. The van der Waals surface area contributed by atoms with E-state index in [9.17, 15) is 9.59 Å². The van der Waals surface area contributed by atoms with Crippen molar-refractivity contribution in [2.45, 2.75) is 19.4 Å². The summed E-state index contributed by atoms with van der Waals surface area (Å²) < 4.78 is 14.5. The van der Waals surface area contributed by atoms with Crippen LogP contribution in [0, 0.1) is 0 Å². The predicted molar refractivity (Wildman–Crippen MR) is 67.0 cm³/mol. The number of ether oxygens (including phenoxy) is 3. The van der Waals surface area contributed by atoms with Gasteiger partial charge < -0.3 is 14.2 Å². The van der Waals surface area contributed by atoms with Crippen LogP contribution in [0.2, 0.25) is 0 Å². The van der Waals surface area contributed by atoms with Crippen LogP contribution in [0.1, 0.15) is 34.1 Å². The molecular weight excluding hydrogens is 248 g/mol. The lowest BCUT2D eigenvalue weighted by Gasteiger charge is -2.09. The lowest BCUT2D eigenvalue weighted by atomic mass is 10.1. The third kappa shape index (κ3) is 4.06. The fraction of sp³-hybridized carbons (Fsp3) is 0.429. The zero-order chi connectivity index (χ0) is 13.7. The summed E-state index contributed by atoms with van der Waals surface area (Å²) in [5.41, 5.74) is 0.895. The number of fused-ring (bicyclic) bond motifs is 7. The number of benzene rings is 1. The van der Waals surface area contributed by atoms with Gasteiger partial charge >= 0.3 is 11.9 Å². The smallest absolute Gasteiger partial charge is 0.338 e. The number of hydrogen-bond acceptors (Lipinski definition) is 5. The molecule has 1 aromatic carbocycles. The van der Waals surface area contributed by atoms with E-state index in [1.165, 1.54) is 6.42 Å². The average molecular weight is 264 g/mol. The van der Waals surface area contributed by atoms with Crippen LogP contribution in [0.3, 0.4) is 0 Å². The molecule has 19 heavy (non-hydrogen) atoms. The lowest BCUT2D eigenvalue weighted by molar-refractivity contribution is 0.0260. The van der Waals surface area contributed by atoms with E-state index in [0.717, 1.165) is 6.61 Å². The second kappa shape index (κ2) is 6.33. The predicted octanol–water partition coefficient (Wildman–Crippen LogP) is 1.81. The summed E-state index contributed by atoms with van der Waals surface area (Å²) >= 11 is 0. The number of hydrogen-bond donors (Lipinski definition) is 0. The van der Waals surface area contributed by atoms with E-state index >= 15 is 0 Å². The quantitative estimate of drug-likeness (QED) is 0.571. The first kappa shape index (κ1) is 13.5. The van der Waals surface area contributed by atoms with E-state index in [0.29, 0.717) is 17.2 Å². The van der Waals surface area contributed by atoms with Crippen LogP contribution in [0.4, 0.5) is 0 Å². The first-order chi connectivity index (χ1) is 9.20. The summed E-state index contributed by atoms with van der Waals surface area (Å²) in [5.74, 6) is -0.788. The van der Waals surface area contributed by atoms with Crippen molar-refractivity contribution in [1.29, 1.82) is 0 Å². The van der Waals surface area contributed by atoms with Gasteiger partial charge in [-0.2, -0.15) is 0 Å². The Morgan fingerprint density at radius 2 is 1.42 bits per heavy atom. The standard InChI is InChI=1S/C10H8O4.C4H8O/c11-9-7-1-2-8(4-3-7)10(12)14-6-5-13-9;1-2-4-3-5-4/h1-4H,5-6H2;4H,2-3H2,1H3. The summed E-state index contributed by atoms with van der Waals surface area (Å²) in [6.07, 6.45) is 1.83. The Bertz CT molecular complexity index is 410. The van der Waals surface area contributed by atoms with Crippen molar-refractivity contribution in [1.82, 2.24) is 0 Å². The number of carbonyl (C=O) groups is 2. The molecule has 4 rings (SSSR count). The molecule has 1 atom stereocenters. The Balaban J connectivity index is 0.000000224. The molecule has 3 aliphatic heterocycles. The van der Waals surface area contributed by atoms with Crippen molar-refractivity contribution in [3.63, 3.8) is 0 Å². The van der Waals surface area contributed by atoms with Crippen molar-refractivity contribution < 1.29 is 23.8 Å². The molecule has 3 heterocycles. The second-order valence-corrected chi connectivity index (χ2v) is 4.21. The molecule has 102 valence electrons. The normalized spacial score (nSPS) is 20.8. The molecule has 1 saturated heterocycles. The zero-order valence-electron chi connectivity index (χ0n) is 10.8. The highest BCUT2D eigenvalue weighted by atomic mass is 16.6. The van der Waals surface area contributed by atoms with Crippen molar-refractivity contribution in [2.75, 3.05) is 19.8 Å². The number of esters is 2. The van der Waals surface area contributed by atoms with E-state index in [1.54, 1.807) is 24.3 Å². The van der Waals surface area contributed by atoms with Gasteiger partial charge in [-0.25, -0.2) is 9.59 Å². The van der Waals surface area contributed by atoms with Crippen LogP contribution < -0.4 is 0 Å². The van der Waals surface area contributed by atoms with Crippen LogP contribution in [-0.4, -0.2) is 37.9 Å². The number of carbonyl (C=O) groups excluding carboxylic acids is 2. The van der Waals surface area contributed by atoms with Crippen LogP contribution in [0.25, 0.3) is 0 Å². The van der Waals surface area contributed by atoms with E-state index in [-0.39, 0.29) is 13.2 Å².